The number of piperidine rings is 1. The van der Waals surface area contributed by atoms with Crippen LogP contribution in [-0.2, 0) is 0 Å². The molecule has 1 aliphatic rings. The Morgan fingerprint density at radius 3 is 2.78 bits per heavy atom. The van der Waals surface area contributed by atoms with Crippen LogP contribution in [0.5, 0.6) is 0 Å². The van der Waals surface area contributed by atoms with Gasteiger partial charge in [0.1, 0.15) is 5.52 Å². The minimum Gasteiger partial charge on any atom is -0.436 e. The Bertz CT molecular complexity index is 836. The van der Waals surface area contributed by atoms with Crippen molar-refractivity contribution < 1.29 is 9.21 Å². The minimum atomic E-state index is 0.0749. The van der Waals surface area contributed by atoms with Gasteiger partial charge in [-0.1, -0.05) is 0 Å². The molecule has 1 fully saturated rings. The smallest absolute Gasteiger partial charge is 0.253 e. The molecule has 1 aliphatic heterocycles. The molecule has 3 heterocycles. The number of pyridine rings is 1. The van der Waals surface area contributed by atoms with E-state index in [1.807, 2.05) is 29.2 Å². The SMILES string of the molecule is O=C(c1ccc2nc(-c3cccnc3)oc2c1)N1CCCCC1. The molecule has 23 heavy (non-hydrogen) atoms. The fraction of sp³-hybridized carbons (Fsp3) is 0.278. The molecule has 0 spiro atoms. The molecular weight excluding hydrogens is 290 g/mol. The number of hydrogen-bond donors (Lipinski definition) is 0. The second-order valence-corrected chi connectivity index (χ2v) is 5.80. The zero-order chi connectivity index (χ0) is 15.6. The van der Waals surface area contributed by atoms with Crippen molar-refractivity contribution in [3.8, 4) is 11.5 Å². The maximum Gasteiger partial charge on any atom is 0.253 e. The number of nitrogens with zero attached hydrogens (tertiary/aromatic N) is 3. The van der Waals surface area contributed by atoms with Crippen molar-refractivity contribution in [1.82, 2.24) is 14.9 Å². The van der Waals surface area contributed by atoms with Crippen molar-refractivity contribution >= 4 is 17.0 Å². The highest BCUT2D eigenvalue weighted by molar-refractivity contribution is 5.97. The number of fused-ring (bicyclic) bond motifs is 1. The van der Waals surface area contributed by atoms with E-state index in [-0.39, 0.29) is 5.91 Å². The Hall–Kier alpha value is -2.69. The summed E-state index contributed by atoms with van der Waals surface area (Å²) >= 11 is 0. The minimum absolute atomic E-state index is 0.0749. The predicted molar refractivity (Wildman–Crippen MR) is 87.0 cm³/mol. The van der Waals surface area contributed by atoms with Crippen molar-refractivity contribution in [2.75, 3.05) is 13.1 Å². The molecule has 5 heteroatoms. The molecule has 2 aromatic heterocycles. The molecule has 0 radical (unpaired) electrons. The van der Waals surface area contributed by atoms with E-state index in [0.29, 0.717) is 17.0 Å². The normalized spacial score (nSPS) is 15.0. The summed E-state index contributed by atoms with van der Waals surface area (Å²) in [6, 6.07) is 9.21. The van der Waals surface area contributed by atoms with Crippen molar-refractivity contribution in [3.05, 3.63) is 48.3 Å². The average Bonchev–Trinajstić information content (AvgIpc) is 3.06. The molecule has 116 valence electrons. The Morgan fingerprint density at radius 1 is 1.13 bits per heavy atom. The summed E-state index contributed by atoms with van der Waals surface area (Å²) in [5.41, 5.74) is 2.87. The molecule has 1 aromatic carbocycles. The fourth-order valence-corrected chi connectivity index (χ4v) is 2.95. The van der Waals surface area contributed by atoms with Gasteiger partial charge in [0.2, 0.25) is 5.89 Å². The Morgan fingerprint density at radius 2 is 2.00 bits per heavy atom. The first-order valence-electron chi connectivity index (χ1n) is 7.91. The van der Waals surface area contributed by atoms with Gasteiger partial charge < -0.3 is 9.32 Å². The highest BCUT2D eigenvalue weighted by Crippen LogP contribution is 2.25. The lowest BCUT2D eigenvalue weighted by atomic mass is 10.1. The number of carbonyl (C=O) groups is 1. The maximum absolute atomic E-state index is 12.6. The van der Waals surface area contributed by atoms with E-state index in [1.54, 1.807) is 18.5 Å². The number of carbonyl (C=O) groups excluding carboxylic acids is 1. The second-order valence-electron chi connectivity index (χ2n) is 5.80. The quantitative estimate of drug-likeness (QED) is 0.727. The predicted octanol–water partition coefficient (Wildman–Crippen LogP) is 3.52. The third-order valence-corrected chi connectivity index (χ3v) is 4.19. The summed E-state index contributed by atoms with van der Waals surface area (Å²) < 4.78 is 5.81. The van der Waals surface area contributed by atoms with Crippen molar-refractivity contribution in [3.63, 3.8) is 0 Å². The highest BCUT2D eigenvalue weighted by atomic mass is 16.3. The third kappa shape index (κ3) is 2.70. The fourth-order valence-electron chi connectivity index (χ4n) is 2.95. The number of likely N-dealkylation sites (tertiary alicyclic amines) is 1. The van der Waals surface area contributed by atoms with Gasteiger partial charge in [-0.3, -0.25) is 9.78 Å². The van der Waals surface area contributed by atoms with E-state index >= 15 is 0 Å². The van der Waals surface area contributed by atoms with E-state index in [4.69, 9.17) is 4.42 Å². The summed E-state index contributed by atoms with van der Waals surface area (Å²) in [6.45, 7) is 1.68. The maximum atomic E-state index is 12.6. The molecular formula is C18H17N3O2. The van der Waals surface area contributed by atoms with Crippen molar-refractivity contribution in [2.45, 2.75) is 19.3 Å². The van der Waals surface area contributed by atoms with E-state index in [1.165, 1.54) is 6.42 Å². The lowest BCUT2D eigenvalue weighted by molar-refractivity contribution is 0.0724. The van der Waals surface area contributed by atoms with E-state index in [0.717, 1.165) is 37.0 Å². The number of amides is 1. The lowest BCUT2D eigenvalue weighted by Crippen LogP contribution is -2.35. The molecule has 0 unspecified atom stereocenters. The van der Waals surface area contributed by atoms with Gasteiger partial charge in [0.05, 0.1) is 5.56 Å². The van der Waals surface area contributed by atoms with Crippen LogP contribution >= 0.6 is 0 Å². The van der Waals surface area contributed by atoms with Gasteiger partial charge in [0.15, 0.2) is 5.58 Å². The first kappa shape index (κ1) is 13.9. The number of aromatic nitrogens is 2. The molecule has 1 amide bonds. The number of hydrogen-bond acceptors (Lipinski definition) is 4. The van der Waals surface area contributed by atoms with Crippen LogP contribution in [0.25, 0.3) is 22.6 Å². The van der Waals surface area contributed by atoms with Crippen LogP contribution in [0, 0.1) is 0 Å². The number of rotatable bonds is 2. The molecule has 0 saturated carbocycles. The summed E-state index contributed by atoms with van der Waals surface area (Å²) in [6.07, 6.45) is 6.80. The van der Waals surface area contributed by atoms with Crippen LogP contribution in [0.3, 0.4) is 0 Å². The summed E-state index contributed by atoms with van der Waals surface area (Å²) in [5, 5.41) is 0. The lowest BCUT2D eigenvalue weighted by Gasteiger charge is -2.26. The van der Waals surface area contributed by atoms with Gasteiger partial charge in [0, 0.05) is 31.0 Å². The molecule has 0 atom stereocenters. The first-order chi connectivity index (χ1) is 11.3. The van der Waals surface area contributed by atoms with E-state index in [2.05, 4.69) is 9.97 Å². The van der Waals surface area contributed by atoms with Gasteiger partial charge in [0.25, 0.3) is 5.91 Å². The van der Waals surface area contributed by atoms with Gasteiger partial charge in [-0.2, -0.15) is 0 Å². The monoisotopic (exact) mass is 307 g/mol. The molecule has 1 saturated heterocycles. The van der Waals surface area contributed by atoms with E-state index in [9.17, 15) is 4.79 Å². The summed E-state index contributed by atoms with van der Waals surface area (Å²) in [4.78, 5) is 23.0. The van der Waals surface area contributed by atoms with Gasteiger partial charge in [-0.05, 0) is 49.6 Å². The number of oxazole rings is 1. The Labute approximate surface area is 134 Å². The Kier molecular flexibility index (Phi) is 3.54. The number of benzene rings is 1. The van der Waals surface area contributed by atoms with Crippen molar-refractivity contribution in [2.24, 2.45) is 0 Å². The van der Waals surface area contributed by atoms with Gasteiger partial charge in [-0.25, -0.2) is 4.98 Å². The van der Waals surface area contributed by atoms with Gasteiger partial charge in [-0.15, -0.1) is 0 Å². The van der Waals surface area contributed by atoms with Crippen LogP contribution in [-0.4, -0.2) is 33.9 Å². The summed E-state index contributed by atoms with van der Waals surface area (Å²) in [5.74, 6) is 0.599. The molecule has 0 bridgehead atoms. The van der Waals surface area contributed by atoms with E-state index < -0.39 is 0 Å². The van der Waals surface area contributed by atoms with Crippen LogP contribution in [0.2, 0.25) is 0 Å². The van der Waals surface area contributed by atoms with Crippen molar-refractivity contribution in [1.29, 1.82) is 0 Å². The third-order valence-electron chi connectivity index (χ3n) is 4.19. The highest BCUT2D eigenvalue weighted by Gasteiger charge is 2.19. The molecule has 5 nitrogen and oxygen atoms in total. The zero-order valence-corrected chi connectivity index (χ0v) is 12.7. The largest absolute Gasteiger partial charge is 0.436 e. The summed E-state index contributed by atoms with van der Waals surface area (Å²) in [7, 11) is 0. The standard InChI is InChI=1S/C18H17N3O2/c22-18(21-9-2-1-3-10-21)13-6-7-15-16(11-13)23-17(20-15)14-5-4-8-19-12-14/h4-8,11-12H,1-3,9-10H2. The molecule has 0 aliphatic carbocycles. The zero-order valence-electron chi connectivity index (χ0n) is 12.7. The molecule has 0 N–H and O–H groups in total. The second kappa shape index (κ2) is 5.83. The van der Waals surface area contributed by atoms with Crippen LogP contribution in [0.15, 0.2) is 47.1 Å². The van der Waals surface area contributed by atoms with Crippen LogP contribution in [0.4, 0.5) is 0 Å². The topological polar surface area (TPSA) is 59.2 Å². The van der Waals surface area contributed by atoms with Crippen LogP contribution in [0.1, 0.15) is 29.6 Å². The van der Waals surface area contributed by atoms with Gasteiger partial charge >= 0.3 is 0 Å². The van der Waals surface area contributed by atoms with Crippen LogP contribution < -0.4 is 0 Å². The molecule has 4 rings (SSSR count). The average molecular weight is 307 g/mol. The Balaban J connectivity index is 1.66. The first-order valence-corrected chi connectivity index (χ1v) is 7.91. The molecule has 3 aromatic rings.